The number of ether oxygens (including phenoxy) is 1. The highest BCUT2D eigenvalue weighted by atomic mass is 16.5. The number of nitrogens with zero attached hydrogens (tertiary/aromatic N) is 4. The Morgan fingerprint density at radius 2 is 1.41 bits per heavy atom. The van der Waals surface area contributed by atoms with Crippen molar-refractivity contribution in [2.45, 2.75) is 63.7 Å². The molecule has 2 saturated heterocycles. The van der Waals surface area contributed by atoms with Crippen molar-refractivity contribution in [3.8, 4) is 22.4 Å². The summed E-state index contributed by atoms with van der Waals surface area (Å²) in [5, 5.41) is 10.3. The van der Waals surface area contributed by atoms with Gasteiger partial charge in [0.05, 0.1) is 42.1 Å². The van der Waals surface area contributed by atoms with Gasteiger partial charge in [-0.15, -0.1) is 0 Å². The molecule has 4 heterocycles. The van der Waals surface area contributed by atoms with Crippen LogP contribution in [0.4, 0.5) is 9.59 Å². The summed E-state index contributed by atoms with van der Waals surface area (Å²) in [5.74, 6) is 1.03. The number of carbonyl (C=O) groups excluding carboxylic acids is 4. The normalized spacial score (nSPS) is 17.6. The Labute approximate surface area is 342 Å². The second-order valence-corrected chi connectivity index (χ2v) is 15.6. The number of methoxy groups -OCH3 is 1. The minimum absolute atomic E-state index is 0.111. The fourth-order valence-electron chi connectivity index (χ4n) is 8.42. The fraction of sp³-hybridized carbons (Fsp3) is 0.333. The number of likely N-dealkylation sites (tertiary alicyclic amines) is 2. The van der Waals surface area contributed by atoms with Crippen molar-refractivity contribution in [3.05, 3.63) is 108 Å². The topological polar surface area (TPSA) is 177 Å². The number of imidazole rings is 2. The van der Waals surface area contributed by atoms with Gasteiger partial charge in [-0.1, -0.05) is 74.5 Å². The number of H-pyrrole nitrogens is 2. The number of hydrogen-bond donors (Lipinski definition) is 5. The number of alkyl carbamates (subject to hydrolysis) is 1. The molecule has 5 N–H and O–H groups in total. The summed E-state index contributed by atoms with van der Waals surface area (Å²) in [7, 11) is 2.82. The summed E-state index contributed by atoms with van der Waals surface area (Å²) >= 11 is 0. The average molecular weight is 796 g/mol. The Morgan fingerprint density at radius 1 is 0.763 bits per heavy atom. The third kappa shape index (κ3) is 7.94. The van der Waals surface area contributed by atoms with E-state index in [1.54, 1.807) is 0 Å². The van der Waals surface area contributed by atoms with Gasteiger partial charge in [0.15, 0.2) is 0 Å². The first-order chi connectivity index (χ1) is 28.6. The van der Waals surface area contributed by atoms with Crippen molar-refractivity contribution in [2.75, 3.05) is 27.2 Å². The molecule has 6 aromatic rings. The molecule has 4 atom stereocenters. The zero-order chi connectivity index (χ0) is 41.2. The predicted octanol–water partition coefficient (Wildman–Crippen LogP) is 7.15. The first kappa shape index (κ1) is 39.1. The van der Waals surface area contributed by atoms with Gasteiger partial charge < -0.3 is 40.5 Å². The quantitative estimate of drug-likeness (QED) is 0.0978. The van der Waals surface area contributed by atoms with Crippen molar-refractivity contribution in [3.63, 3.8) is 0 Å². The number of hydrogen-bond acceptors (Lipinski definition) is 7. The second kappa shape index (κ2) is 16.6. The molecule has 0 saturated carbocycles. The molecule has 4 aromatic carbocycles. The predicted molar refractivity (Wildman–Crippen MR) is 225 cm³/mol. The van der Waals surface area contributed by atoms with E-state index in [9.17, 15) is 19.2 Å². The van der Waals surface area contributed by atoms with Gasteiger partial charge in [0, 0.05) is 25.7 Å². The third-order valence-corrected chi connectivity index (χ3v) is 11.6. The molecular formula is C45H49N9O5. The highest BCUT2D eigenvalue weighted by molar-refractivity contribution is 5.92. The smallest absolute Gasteiger partial charge is 0.407 e. The van der Waals surface area contributed by atoms with Crippen LogP contribution in [0.3, 0.4) is 0 Å². The van der Waals surface area contributed by atoms with E-state index in [0.29, 0.717) is 18.9 Å². The van der Waals surface area contributed by atoms with Crippen molar-refractivity contribution >= 4 is 45.7 Å². The van der Waals surface area contributed by atoms with Crippen molar-refractivity contribution in [1.82, 2.24) is 45.7 Å². The molecule has 59 heavy (non-hydrogen) atoms. The van der Waals surface area contributed by atoms with Crippen LogP contribution in [0, 0.1) is 5.92 Å². The molecule has 304 valence electrons. The lowest BCUT2D eigenvalue weighted by Gasteiger charge is -2.29. The number of benzene rings is 4. The first-order valence-electron chi connectivity index (χ1n) is 20.2. The Balaban J connectivity index is 0.985. The van der Waals surface area contributed by atoms with E-state index >= 15 is 0 Å². The van der Waals surface area contributed by atoms with E-state index in [0.717, 1.165) is 81.3 Å². The summed E-state index contributed by atoms with van der Waals surface area (Å²) in [5.41, 5.74) is 6.36. The number of carbonyl (C=O) groups is 4. The zero-order valence-electron chi connectivity index (χ0n) is 33.6. The van der Waals surface area contributed by atoms with Crippen LogP contribution in [0.5, 0.6) is 0 Å². The number of amides is 5. The number of nitrogens with one attached hydrogen (secondary N) is 5. The van der Waals surface area contributed by atoms with Crippen LogP contribution in [0.1, 0.15) is 74.9 Å². The molecule has 2 aromatic heterocycles. The maximum Gasteiger partial charge on any atom is 0.407 e. The standard InChI is InChI=1S/C45H49N9O5/c1-26(2)38(52-45(58)59-4)42(55)54-21-9-13-37(54)41-48-33-19-18-31(24-34(33)49-41)29-14-15-30-23-32(17-16-28(30)22-29)35-25-47-40(50-35)36-12-8-20-53(36)43(56)39(51-44(57)46-3)27-10-6-5-7-11-27/h5-7,10-11,14-19,22-26,36-39H,8-9,12-13,20-21H2,1-4H3,(H,47,50)(H,48,49)(H,52,58)(H2,46,51,57)/t36-,37-,38-,39+/m0/s1. The molecule has 0 bridgehead atoms. The molecule has 2 aliphatic rings. The maximum atomic E-state index is 14.0. The Kier molecular flexibility index (Phi) is 11.0. The van der Waals surface area contributed by atoms with Gasteiger partial charge in [0.25, 0.3) is 0 Å². The second-order valence-electron chi connectivity index (χ2n) is 15.6. The van der Waals surface area contributed by atoms with E-state index < -0.39 is 24.2 Å². The SMILES string of the molecule is CNC(=O)N[C@@H](C(=O)N1CCC[C@H]1c1ncc(-c2ccc3cc(-c4ccc5nc([C@@H]6CCCN6C(=O)[C@@H](NC(=O)OC)C(C)C)[nH]c5c4)ccc3c2)[nH]1)c1ccccc1. The number of rotatable bonds is 10. The molecule has 14 heteroatoms. The van der Waals surface area contributed by atoms with Crippen LogP contribution in [-0.4, -0.2) is 87.0 Å². The molecule has 0 unspecified atom stereocenters. The largest absolute Gasteiger partial charge is 0.453 e. The Hall–Kier alpha value is -6.70. The molecule has 5 amide bonds. The summed E-state index contributed by atoms with van der Waals surface area (Å²) in [6.07, 6.45) is 4.41. The molecule has 0 aliphatic carbocycles. The van der Waals surface area contributed by atoms with E-state index in [1.165, 1.54) is 14.2 Å². The summed E-state index contributed by atoms with van der Waals surface area (Å²) in [6.45, 7) is 4.97. The molecule has 2 aliphatic heterocycles. The number of fused-ring (bicyclic) bond motifs is 2. The van der Waals surface area contributed by atoms with E-state index in [4.69, 9.17) is 14.7 Å². The number of aromatic nitrogens is 4. The van der Waals surface area contributed by atoms with Gasteiger partial charge in [0.2, 0.25) is 11.8 Å². The molecule has 8 rings (SSSR count). The van der Waals surface area contributed by atoms with Gasteiger partial charge >= 0.3 is 12.1 Å². The monoisotopic (exact) mass is 795 g/mol. The van der Waals surface area contributed by atoms with Crippen LogP contribution >= 0.6 is 0 Å². The van der Waals surface area contributed by atoms with Crippen molar-refractivity contribution in [2.24, 2.45) is 5.92 Å². The van der Waals surface area contributed by atoms with E-state index in [1.807, 2.05) is 66.2 Å². The van der Waals surface area contributed by atoms with Crippen LogP contribution in [0.15, 0.2) is 91.1 Å². The van der Waals surface area contributed by atoms with E-state index in [-0.39, 0.29) is 29.8 Å². The van der Waals surface area contributed by atoms with Gasteiger partial charge in [0.1, 0.15) is 23.7 Å². The summed E-state index contributed by atoms with van der Waals surface area (Å²) in [6, 6.07) is 25.8. The molecule has 0 radical (unpaired) electrons. The highest BCUT2D eigenvalue weighted by Gasteiger charge is 2.38. The Morgan fingerprint density at radius 3 is 2.10 bits per heavy atom. The fourth-order valence-corrected chi connectivity index (χ4v) is 8.42. The third-order valence-electron chi connectivity index (χ3n) is 11.6. The van der Waals surface area contributed by atoms with Crippen molar-refractivity contribution in [1.29, 1.82) is 0 Å². The van der Waals surface area contributed by atoms with Crippen LogP contribution in [0.2, 0.25) is 0 Å². The van der Waals surface area contributed by atoms with Gasteiger partial charge in [-0.2, -0.15) is 0 Å². The minimum atomic E-state index is -0.822. The first-order valence-corrected chi connectivity index (χ1v) is 20.2. The van der Waals surface area contributed by atoms with Gasteiger partial charge in [-0.3, -0.25) is 9.59 Å². The molecule has 2 fully saturated rings. The minimum Gasteiger partial charge on any atom is -0.453 e. The lowest BCUT2D eigenvalue weighted by atomic mass is 9.99. The molecular weight excluding hydrogens is 747 g/mol. The molecule has 14 nitrogen and oxygen atoms in total. The van der Waals surface area contributed by atoms with Gasteiger partial charge in [-0.25, -0.2) is 19.6 Å². The Bertz CT molecular complexity index is 2510. The lowest BCUT2D eigenvalue weighted by molar-refractivity contribution is -0.135. The molecule has 0 spiro atoms. The summed E-state index contributed by atoms with van der Waals surface area (Å²) in [4.78, 5) is 72.3. The van der Waals surface area contributed by atoms with Crippen LogP contribution in [-0.2, 0) is 14.3 Å². The van der Waals surface area contributed by atoms with Gasteiger partial charge in [-0.05, 0) is 83.3 Å². The van der Waals surface area contributed by atoms with E-state index in [2.05, 4.69) is 74.4 Å². The summed E-state index contributed by atoms with van der Waals surface area (Å²) < 4.78 is 4.78. The average Bonchev–Trinajstić information content (AvgIpc) is 4.10. The van der Waals surface area contributed by atoms with Crippen LogP contribution < -0.4 is 16.0 Å². The highest BCUT2D eigenvalue weighted by Crippen LogP contribution is 2.36. The van der Waals surface area contributed by atoms with Crippen molar-refractivity contribution < 1.29 is 23.9 Å². The number of aromatic amines is 2. The van der Waals surface area contributed by atoms with Crippen LogP contribution in [0.25, 0.3) is 44.2 Å². The lowest BCUT2D eigenvalue weighted by Crippen LogP contribution is -2.51. The maximum absolute atomic E-state index is 14.0. The zero-order valence-corrected chi connectivity index (χ0v) is 33.6. The number of urea groups is 1.